The fourth-order valence-electron chi connectivity index (χ4n) is 4.46. The van der Waals surface area contributed by atoms with Gasteiger partial charge in [0.2, 0.25) is 0 Å². The van der Waals surface area contributed by atoms with Crippen LogP contribution in [0.5, 0.6) is 17.2 Å². The van der Waals surface area contributed by atoms with Gasteiger partial charge in [-0.25, -0.2) is 0 Å². The van der Waals surface area contributed by atoms with Gasteiger partial charge in [-0.15, -0.1) is 0 Å². The Kier molecular flexibility index (Phi) is 7.07. The fraction of sp³-hybridized carbons (Fsp3) is 0.385. The molecule has 2 aliphatic rings. The topological polar surface area (TPSA) is 88.5 Å². The number of ketones is 1. The first-order valence-electron chi connectivity index (χ1n) is 11.5. The van der Waals surface area contributed by atoms with Crippen LogP contribution >= 0.6 is 0 Å². The molecule has 1 amide bonds. The van der Waals surface area contributed by atoms with E-state index in [4.69, 9.17) is 14.2 Å². The molecule has 4 rings (SSSR count). The van der Waals surface area contributed by atoms with Crippen molar-refractivity contribution >= 4 is 17.4 Å². The van der Waals surface area contributed by atoms with Gasteiger partial charge in [-0.05, 0) is 37.4 Å². The largest absolute Gasteiger partial charge is 0.507 e. The molecule has 1 fully saturated rings. The lowest BCUT2D eigenvalue weighted by Gasteiger charge is -2.29. The molecule has 0 bridgehead atoms. The average Bonchev–Trinajstić information content (AvgIpc) is 3.13. The SMILES string of the molecule is CCN(CC)CCN1C(=O)C(=O)C(=C(O)c2ccc3c(c2)OCCO3)C1c1ccccc1OC. The van der Waals surface area contributed by atoms with E-state index in [1.807, 2.05) is 18.2 Å². The van der Waals surface area contributed by atoms with Crippen molar-refractivity contribution in [1.29, 1.82) is 0 Å². The van der Waals surface area contributed by atoms with E-state index >= 15 is 0 Å². The zero-order valence-electron chi connectivity index (χ0n) is 19.7. The monoisotopic (exact) mass is 466 g/mol. The Hall–Kier alpha value is -3.52. The van der Waals surface area contributed by atoms with Crippen molar-refractivity contribution in [3.05, 3.63) is 59.2 Å². The van der Waals surface area contributed by atoms with E-state index in [2.05, 4.69) is 18.7 Å². The minimum atomic E-state index is -0.778. The van der Waals surface area contributed by atoms with Crippen molar-refractivity contribution in [3.8, 4) is 17.2 Å². The number of methoxy groups -OCH3 is 1. The van der Waals surface area contributed by atoms with E-state index in [9.17, 15) is 14.7 Å². The van der Waals surface area contributed by atoms with Crippen LogP contribution in [-0.4, -0.2) is 73.1 Å². The van der Waals surface area contributed by atoms with Gasteiger partial charge in [-0.3, -0.25) is 9.59 Å². The van der Waals surface area contributed by atoms with Crippen molar-refractivity contribution in [1.82, 2.24) is 9.80 Å². The van der Waals surface area contributed by atoms with Crippen LogP contribution in [0.25, 0.3) is 5.76 Å². The Bertz CT molecular complexity index is 1110. The van der Waals surface area contributed by atoms with Gasteiger partial charge in [0.1, 0.15) is 24.7 Å². The van der Waals surface area contributed by atoms with Crippen molar-refractivity contribution in [2.75, 3.05) is 46.5 Å². The summed E-state index contributed by atoms with van der Waals surface area (Å²) in [5, 5.41) is 11.3. The smallest absolute Gasteiger partial charge is 0.295 e. The number of rotatable bonds is 8. The van der Waals surface area contributed by atoms with Gasteiger partial charge < -0.3 is 29.1 Å². The molecule has 0 radical (unpaired) electrons. The highest BCUT2D eigenvalue weighted by Crippen LogP contribution is 2.43. The summed E-state index contributed by atoms with van der Waals surface area (Å²) in [5.74, 6) is -0.0134. The Morgan fingerprint density at radius 2 is 1.79 bits per heavy atom. The van der Waals surface area contributed by atoms with E-state index < -0.39 is 17.7 Å². The van der Waals surface area contributed by atoms with Crippen LogP contribution in [0.2, 0.25) is 0 Å². The minimum Gasteiger partial charge on any atom is -0.507 e. The molecule has 1 N–H and O–H groups in total. The van der Waals surface area contributed by atoms with E-state index in [0.717, 1.165) is 13.1 Å². The minimum absolute atomic E-state index is 0.0331. The standard InChI is InChI=1S/C26H30N2O6/c1-4-27(5-2)12-13-28-23(18-8-6-7-9-19(18)32-3)22(25(30)26(28)31)24(29)17-10-11-20-21(16-17)34-15-14-33-20/h6-11,16,23,29H,4-5,12-15H2,1-3H3. The molecule has 2 aromatic carbocycles. The number of Topliss-reactive ketones (excluding diaryl/α,β-unsaturated/α-hetero) is 1. The van der Waals surface area contributed by atoms with E-state index in [0.29, 0.717) is 54.7 Å². The zero-order chi connectivity index (χ0) is 24.2. The summed E-state index contributed by atoms with van der Waals surface area (Å²) >= 11 is 0. The molecule has 0 spiro atoms. The molecule has 0 aliphatic carbocycles. The van der Waals surface area contributed by atoms with Crippen LogP contribution in [-0.2, 0) is 9.59 Å². The predicted octanol–water partition coefficient (Wildman–Crippen LogP) is 3.23. The fourth-order valence-corrected chi connectivity index (χ4v) is 4.46. The number of para-hydroxylation sites is 1. The van der Waals surface area contributed by atoms with Gasteiger partial charge in [0.25, 0.3) is 11.7 Å². The predicted molar refractivity (Wildman–Crippen MR) is 127 cm³/mol. The summed E-state index contributed by atoms with van der Waals surface area (Å²) in [6, 6.07) is 11.5. The van der Waals surface area contributed by atoms with Gasteiger partial charge in [0, 0.05) is 24.2 Å². The second kappa shape index (κ2) is 10.2. The third-order valence-electron chi connectivity index (χ3n) is 6.34. The lowest BCUT2D eigenvalue weighted by molar-refractivity contribution is -0.140. The molecular formula is C26H30N2O6. The number of nitrogens with zero attached hydrogens (tertiary/aromatic N) is 2. The first kappa shape index (κ1) is 23.6. The Labute approximate surface area is 199 Å². The third-order valence-corrected chi connectivity index (χ3v) is 6.34. The number of benzene rings is 2. The average molecular weight is 467 g/mol. The van der Waals surface area contributed by atoms with Crippen LogP contribution in [0.15, 0.2) is 48.0 Å². The summed E-state index contributed by atoms with van der Waals surface area (Å²) in [6.45, 7) is 7.56. The van der Waals surface area contributed by atoms with E-state index in [1.54, 1.807) is 31.4 Å². The number of likely N-dealkylation sites (N-methyl/N-ethyl adjacent to an activating group) is 1. The highest BCUT2D eigenvalue weighted by atomic mass is 16.6. The number of hydrogen-bond donors (Lipinski definition) is 1. The number of amides is 1. The van der Waals surface area contributed by atoms with Crippen LogP contribution < -0.4 is 14.2 Å². The van der Waals surface area contributed by atoms with Crippen molar-refractivity contribution < 1.29 is 28.9 Å². The maximum atomic E-state index is 13.3. The lowest BCUT2D eigenvalue weighted by Crippen LogP contribution is -2.38. The molecule has 34 heavy (non-hydrogen) atoms. The van der Waals surface area contributed by atoms with Gasteiger partial charge in [0.05, 0.1) is 18.7 Å². The normalized spacial score (nSPS) is 19.1. The summed E-state index contributed by atoms with van der Waals surface area (Å²) in [7, 11) is 1.54. The molecular weight excluding hydrogens is 436 g/mol. The first-order valence-corrected chi connectivity index (χ1v) is 11.5. The number of carbonyl (C=O) groups is 2. The van der Waals surface area contributed by atoms with Crippen molar-refractivity contribution in [3.63, 3.8) is 0 Å². The van der Waals surface area contributed by atoms with Crippen LogP contribution in [0.3, 0.4) is 0 Å². The second-order valence-electron chi connectivity index (χ2n) is 8.12. The molecule has 180 valence electrons. The molecule has 1 atom stereocenters. The number of carbonyl (C=O) groups excluding carboxylic acids is 2. The Balaban J connectivity index is 1.82. The van der Waals surface area contributed by atoms with Gasteiger partial charge in [0.15, 0.2) is 11.5 Å². The Morgan fingerprint density at radius 3 is 2.50 bits per heavy atom. The van der Waals surface area contributed by atoms with E-state index in [-0.39, 0.29) is 11.3 Å². The maximum absolute atomic E-state index is 13.3. The van der Waals surface area contributed by atoms with Gasteiger partial charge >= 0.3 is 0 Å². The zero-order valence-corrected chi connectivity index (χ0v) is 19.7. The van der Waals surface area contributed by atoms with Crippen LogP contribution in [0, 0.1) is 0 Å². The van der Waals surface area contributed by atoms with Crippen LogP contribution in [0.1, 0.15) is 31.0 Å². The molecule has 1 unspecified atom stereocenters. The molecule has 8 heteroatoms. The van der Waals surface area contributed by atoms with Gasteiger partial charge in [-0.2, -0.15) is 0 Å². The number of aliphatic hydroxyl groups is 1. The molecule has 0 aromatic heterocycles. The van der Waals surface area contributed by atoms with Crippen molar-refractivity contribution in [2.24, 2.45) is 0 Å². The Morgan fingerprint density at radius 1 is 1.09 bits per heavy atom. The van der Waals surface area contributed by atoms with Crippen LogP contribution in [0.4, 0.5) is 0 Å². The number of hydrogen-bond acceptors (Lipinski definition) is 7. The highest BCUT2D eigenvalue weighted by Gasteiger charge is 2.47. The number of likely N-dealkylation sites (tertiary alicyclic amines) is 1. The molecule has 2 aliphatic heterocycles. The van der Waals surface area contributed by atoms with Crippen molar-refractivity contribution in [2.45, 2.75) is 19.9 Å². The summed E-state index contributed by atoms with van der Waals surface area (Å²) < 4.78 is 16.8. The molecule has 0 saturated carbocycles. The first-order chi connectivity index (χ1) is 16.5. The van der Waals surface area contributed by atoms with E-state index in [1.165, 1.54) is 4.90 Å². The quantitative estimate of drug-likeness (QED) is 0.363. The van der Waals surface area contributed by atoms with Gasteiger partial charge in [-0.1, -0.05) is 32.0 Å². The number of aliphatic hydroxyl groups excluding tert-OH is 1. The lowest BCUT2D eigenvalue weighted by atomic mass is 9.94. The highest BCUT2D eigenvalue weighted by molar-refractivity contribution is 6.46. The number of fused-ring (bicyclic) bond motifs is 1. The summed E-state index contributed by atoms with van der Waals surface area (Å²) in [6.07, 6.45) is 0. The summed E-state index contributed by atoms with van der Waals surface area (Å²) in [4.78, 5) is 30.2. The molecule has 2 aromatic rings. The number of ether oxygens (including phenoxy) is 3. The molecule has 1 saturated heterocycles. The molecule has 2 heterocycles. The maximum Gasteiger partial charge on any atom is 0.295 e. The second-order valence-corrected chi connectivity index (χ2v) is 8.12. The molecule has 8 nitrogen and oxygen atoms in total. The third kappa shape index (κ3) is 4.33. The summed E-state index contributed by atoms with van der Waals surface area (Å²) in [5.41, 5.74) is 1.06.